The normalized spacial score (nSPS) is 12.3. The SMILES string of the molecule is c1ccc(-c2c3cc4c5ccccc5c5cccc(c3c(-c3ccccc3)c3c6ccc(-c7ccc8ccc9ccccc9c8n7)c7cccc(c23)c76)c54)cc1. The monoisotopic (exact) mass is 705 g/mol. The Bertz CT molecular complexity index is 3730. The highest BCUT2D eigenvalue weighted by molar-refractivity contribution is 6.45. The van der Waals surface area contributed by atoms with Crippen LogP contribution in [0.5, 0.6) is 0 Å². The zero-order valence-corrected chi connectivity index (χ0v) is 30.3. The molecule has 0 aliphatic rings. The first-order valence-corrected chi connectivity index (χ1v) is 19.5. The van der Waals surface area contributed by atoms with Crippen molar-refractivity contribution in [3.05, 3.63) is 188 Å². The van der Waals surface area contributed by atoms with Gasteiger partial charge in [0.1, 0.15) is 0 Å². The first-order chi connectivity index (χ1) is 27.8. The predicted molar refractivity (Wildman–Crippen MR) is 240 cm³/mol. The number of rotatable bonds is 3. The molecule has 13 rings (SSSR count). The van der Waals surface area contributed by atoms with Crippen LogP contribution in [0.1, 0.15) is 0 Å². The van der Waals surface area contributed by atoms with Crippen molar-refractivity contribution in [3.63, 3.8) is 0 Å². The highest BCUT2D eigenvalue weighted by Gasteiger charge is 2.27. The molecule has 0 spiro atoms. The van der Waals surface area contributed by atoms with Crippen molar-refractivity contribution in [2.45, 2.75) is 0 Å². The van der Waals surface area contributed by atoms with Crippen molar-refractivity contribution in [2.75, 3.05) is 0 Å². The molecular weight excluding hydrogens is 675 g/mol. The van der Waals surface area contributed by atoms with Crippen LogP contribution < -0.4 is 0 Å². The third-order valence-corrected chi connectivity index (χ3v) is 12.5. The van der Waals surface area contributed by atoms with Gasteiger partial charge in [0, 0.05) is 16.3 Å². The third-order valence-electron chi connectivity index (χ3n) is 12.5. The van der Waals surface area contributed by atoms with E-state index in [0.29, 0.717) is 0 Å². The summed E-state index contributed by atoms with van der Waals surface area (Å²) in [5.74, 6) is 0. The van der Waals surface area contributed by atoms with Gasteiger partial charge in [-0.3, -0.25) is 0 Å². The molecule has 0 atom stereocenters. The molecule has 256 valence electrons. The van der Waals surface area contributed by atoms with E-state index in [9.17, 15) is 0 Å². The van der Waals surface area contributed by atoms with Crippen LogP contribution in [0.4, 0.5) is 0 Å². The van der Waals surface area contributed by atoms with Crippen molar-refractivity contribution in [2.24, 2.45) is 0 Å². The molecule has 0 aliphatic heterocycles. The lowest BCUT2D eigenvalue weighted by Gasteiger charge is -2.19. The summed E-state index contributed by atoms with van der Waals surface area (Å²) in [4.78, 5) is 5.40. The number of hydrogen-bond acceptors (Lipinski definition) is 1. The van der Waals surface area contributed by atoms with Crippen LogP contribution >= 0.6 is 0 Å². The van der Waals surface area contributed by atoms with E-state index in [1.54, 1.807) is 0 Å². The number of aromatic nitrogens is 1. The second-order valence-corrected chi connectivity index (χ2v) is 15.3. The molecule has 1 heteroatoms. The Labute approximate surface area is 322 Å². The first-order valence-electron chi connectivity index (χ1n) is 19.5. The van der Waals surface area contributed by atoms with Crippen LogP contribution in [-0.2, 0) is 0 Å². The molecule has 0 radical (unpaired) electrons. The van der Waals surface area contributed by atoms with Gasteiger partial charge in [0.15, 0.2) is 0 Å². The average molecular weight is 706 g/mol. The summed E-state index contributed by atoms with van der Waals surface area (Å²) in [6.45, 7) is 0. The first kappa shape index (κ1) is 30.0. The lowest BCUT2D eigenvalue weighted by Crippen LogP contribution is -1.91. The average Bonchev–Trinajstić information content (AvgIpc) is 3.77. The molecule has 0 fully saturated rings. The summed E-state index contributed by atoms with van der Waals surface area (Å²) in [5.41, 5.74) is 8.26. The number of fused-ring (bicyclic) bond motifs is 11. The largest absolute Gasteiger partial charge is 0.247 e. The molecule has 12 aromatic carbocycles. The lowest BCUT2D eigenvalue weighted by molar-refractivity contribution is 1.42. The summed E-state index contributed by atoms with van der Waals surface area (Å²) in [7, 11) is 0. The maximum Gasteiger partial charge on any atom is 0.0787 e. The number of pyridine rings is 1. The van der Waals surface area contributed by atoms with E-state index in [-0.39, 0.29) is 0 Å². The smallest absolute Gasteiger partial charge is 0.0787 e. The molecule has 0 aliphatic carbocycles. The lowest BCUT2D eigenvalue weighted by atomic mass is 9.84. The summed E-state index contributed by atoms with van der Waals surface area (Å²) in [5, 5.41) is 21.8. The number of nitrogens with zero attached hydrogens (tertiary/aromatic N) is 1. The molecule has 0 bridgehead atoms. The highest BCUT2D eigenvalue weighted by Crippen LogP contribution is 2.55. The standard InChI is InChI=1S/C55H31N/c1-3-14-33(15-4-1)48-46-31-45-38-20-10-9-19-37(38)40-21-11-23-42(51(40)45)52(46)49(34-16-5-2-6-17-34)54-44-29-28-39(41-22-12-24-43(50(41)44)53(48)54)47-30-27-35-26-25-32-13-7-8-18-36(32)55(35)56-47/h1-31H. The molecule has 13 aromatic rings. The molecule has 0 N–H and O–H groups in total. The molecule has 0 saturated heterocycles. The van der Waals surface area contributed by atoms with E-state index in [1.807, 2.05) is 0 Å². The van der Waals surface area contributed by atoms with Gasteiger partial charge in [0.2, 0.25) is 0 Å². The second kappa shape index (κ2) is 11.1. The van der Waals surface area contributed by atoms with Crippen molar-refractivity contribution in [3.8, 4) is 33.5 Å². The predicted octanol–water partition coefficient (Wildman–Crippen LogP) is 15.3. The van der Waals surface area contributed by atoms with Crippen LogP contribution in [0, 0.1) is 0 Å². The van der Waals surface area contributed by atoms with Crippen molar-refractivity contribution < 1.29 is 0 Å². The molecular formula is C55H31N. The van der Waals surface area contributed by atoms with E-state index < -0.39 is 0 Å². The van der Waals surface area contributed by atoms with E-state index in [0.717, 1.165) is 22.2 Å². The van der Waals surface area contributed by atoms with E-state index in [2.05, 4.69) is 188 Å². The fourth-order valence-electron chi connectivity index (χ4n) is 10.2. The molecule has 0 saturated carbocycles. The zero-order valence-electron chi connectivity index (χ0n) is 30.3. The minimum atomic E-state index is 0.995. The van der Waals surface area contributed by atoms with Gasteiger partial charge in [0.05, 0.1) is 11.2 Å². The van der Waals surface area contributed by atoms with Gasteiger partial charge in [-0.1, -0.05) is 176 Å². The van der Waals surface area contributed by atoms with E-state index in [1.165, 1.54) is 108 Å². The van der Waals surface area contributed by atoms with Crippen LogP contribution in [0.25, 0.3) is 131 Å². The Kier molecular flexibility index (Phi) is 5.95. The van der Waals surface area contributed by atoms with Gasteiger partial charge in [-0.2, -0.15) is 0 Å². The maximum absolute atomic E-state index is 5.40. The topological polar surface area (TPSA) is 12.9 Å². The second-order valence-electron chi connectivity index (χ2n) is 15.3. The molecule has 0 amide bonds. The van der Waals surface area contributed by atoms with Crippen molar-refractivity contribution >= 4 is 97.1 Å². The maximum atomic E-state index is 5.40. The van der Waals surface area contributed by atoms with Crippen LogP contribution in [0.15, 0.2) is 188 Å². The summed E-state index contributed by atoms with van der Waals surface area (Å²) < 4.78 is 0. The Morgan fingerprint density at radius 2 is 0.804 bits per heavy atom. The molecule has 1 nitrogen and oxygen atoms in total. The van der Waals surface area contributed by atoms with Crippen LogP contribution in [-0.4, -0.2) is 4.98 Å². The molecule has 56 heavy (non-hydrogen) atoms. The Hall–Kier alpha value is -7.35. The molecule has 0 unspecified atom stereocenters. The quantitative estimate of drug-likeness (QED) is 0.167. The van der Waals surface area contributed by atoms with Gasteiger partial charge in [-0.15, -0.1) is 0 Å². The zero-order chi connectivity index (χ0) is 36.5. The number of hydrogen-bond donors (Lipinski definition) is 0. The van der Waals surface area contributed by atoms with Crippen molar-refractivity contribution in [1.29, 1.82) is 0 Å². The molecule has 1 heterocycles. The summed E-state index contributed by atoms with van der Waals surface area (Å²) in [6, 6.07) is 69.5. The Morgan fingerprint density at radius 1 is 0.268 bits per heavy atom. The van der Waals surface area contributed by atoms with Crippen LogP contribution in [0.2, 0.25) is 0 Å². The Balaban J connectivity index is 1.25. The summed E-state index contributed by atoms with van der Waals surface area (Å²) >= 11 is 0. The van der Waals surface area contributed by atoms with Gasteiger partial charge >= 0.3 is 0 Å². The molecule has 1 aromatic heterocycles. The van der Waals surface area contributed by atoms with Crippen molar-refractivity contribution in [1.82, 2.24) is 4.98 Å². The highest BCUT2D eigenvalue weighted by atomic mass is 14.7. The minimum absolute atomic E-state index is 0.995. The van der Waals surface area contributed by atoms with E-state index in [4.69, 9.17) is 4.98 Å². The number of benzene rings is 10. The fourth-order valence-corrected chi connectivity index (χ4v) is 10.2. The Morgan fingerprint density at radius 3 is 1.59 bits per heavy atom. The van der Waals surface area contributed by atoms with Crippen LogP contribution in [0.3, 0.4) is 0 Å². The van der Waals surface area contributed by atoms with Gasteiger partial charge in [-0.25, -0.2) is 4.98 Å². The summed E-state index contributed by atoms with van der Waals surface area (Å²) in [6.07, 6.45) is 0. The third kappa shape index (κ3) is 3.91. The van der Waals surface area contributed by atoms with Gasteiger partial charge in [0.25, 0.3) is 0 Å². The fraction of sp³-hybridized carbons (Fsp3) is 0. The van der Waals surface area contributed by atoms with Gasteiger partial charge in [-0.05, 0) is 115 Å². The minimum Gasteiger partial charge on any atom is -0.247 e. The van der Waals surface area contributed by atoms with E-state index >= 15 is 0 Å². The van der Waals surface area contributed by atoms with Gasteiger partial charge < -0.3 is 0 Å².